The molecule has 1 aromatic carbocycles. The maximum Gasteiger partial charge on any atom is 0.137 e. The maximum atomic E-state index is 13.3. The van der Waals surface area contributed by atoms with Gasteiger partial charge in [0.15, 0.2) is 0 Å². The van der Waals surface area contributed by atoms with E-state index in [4.69, 9.17) is 5.73 Å². The summed E-state index contributed by atoms with van der Waals surface area (Å²) in [7, 11) is 0. The van der Waals surface area contributed by atoms with Crippen molar-refractivity contribution in [3.63, 3.8) is 0 Å². The van der Waals surface area contributed by atoms with Crippen molar-refractivity contribution in [2.75, 3.05) is 12.3 Å². The van der Waals surface area contributed by atoms with Crippen LogP contribution in [0, 0.1) is 11.7 Å². The molecule has 0 bridgehead atoms. The fourth-order valence-electron chi connectivity index (χ4n) is 1.87. The van der Waals surface area contributed by atoms with E-state index < -0.39 is 0 Å². The Kier molecular flexibility index (Phi) is 3.08. The molecular formula is C11H14FNS. The van der Waals surface area contributed by atoms with E-state index in [1.165, 1.54) is 6.07 Å². The summed E-state index contributed by atoms with van der Waals surface area (Å²) in [5.41, 5.74) is 6.68. The predicted molar refractivity (Wildman–Crippen MR) is 58.0 cm³/mol. The molecule has 0 aliphatic carbocycles. The molecule has 3 heteroatoms. The van der Waals surface area contributed by atoms with E-state index in [1.807, 2.05) is 6.07 Å². The molecule has 2 rings (SSSR count). The van der Waals surface area contributed by atoms with Crippen LogP contribution in [0.3, 0.4) is 0 Å². The molecule has 0 spiro atoms. The Balaban J connectivity index is 2.18. The van der Waals surface area contributed by atoms with Gasteiger partial charge < -0.3 is 5.73 Å². The molecule has 2 N–H and O–H groups in total. The number of nitrogens with two attached hydrogens (primary N) is 1. The van der Waals surface area contributed by atoms with Crippen LogP contribution in [0.5, 0.6) is 0 Å². The van der Waals surface area contributed by atoms with E-state index in [0.29, 0.717) is 5.92 Å². The van der Waals surface area contributed by atoms with Crippen LogP contribution in [0.1, 0.15) is 12.0 Å². The van der Waals surface area contributed by atoms with Crippen LogP contribution >= 0.6 is 11.8 Å². The second-order valence-electron chi connectivity index (χ2n) is 3.69. The lowest BCUT2D eigenvalue weighted by molar-refractivity contribution is 0.523. The molecular weight excluding hydrogens is 197 g/mol. The first-order valence-electron chi connectivity index (χ1n) is 4.91. The lowest BCUT2D eigenvalue weighted by Gasteiger charge is -2.23. The van der Waals surface area contributed by atoms with Crippen LogP contribution in [-0.4, -0.2) is 12.3 Å². The van der Waals surface area contributed by atoms with Gasteiger partial charge in [0.1, 0.15) is 5.82 Å². The van der Waals surface area contributed by atoms with Gasteiger partial charge in [0.05, 0.1) is 0 Å². The lowest BCUT2D eigenvalue weighted by Crippen LogP contribution is -2.17. The molecule has 0 fully saturated rings. The molecule has 0 aromatic heterocycles. The molecule has 1 atom stereocenters. The molecule has 14 heavy (non-hydrogen) atoms. The summed E-state index contributed by atoms with van der Waals surface area (Å²) in [5.74, 6) is 1.56. The van der Waals surface area contributed by atoms with Crippen molar-refractivity contribution in [2.24, 2.45) is 11.7 Å². The van der Waals surface area contributed by atoms with Crippen LogP contribution in [0.4, 0.5) is 4.39 Å². The first-order chi connectivity index (χ1) is 6.81. The molecule has 0 saturated carbocycles. The minimum Gasteiger partial charge on any atom is -0.330 e. The van der Waals surface area contributed by atoms with Gasteiger partial charge in [0.2, 0.25) is 0 Å². The average Bonchev–Trinajstić information content (AvgIpc) is 2.18. The van der Waals surface area contributed by atoms with E-state index >= 15 is 0 Å². The van der Waals surface area contributed by atoms with Gasteiger partial charge in [0, 0.05) is 10.6 Å². The Morgan fingerprint density at radius 2 is 2.36 bits per heavy atom. The van der Waals surface area contributed by atoms with Crippen molar-refractivity contribution in [1.29, 1.82) is 0 Å². The SMILES string of the molecule is NCCC1CSc2c(F)cccc2C1. The molecule has 1 aliphatic rings. The normalized spacial score (nSPS) is 20.6. The van der Waals surface area contributed by atoms with Gasteiger partial charge in [0.25, 0.3) is 0 Å². The Morgan fingerprint density at radius 1 is 1.50 bits per heavy atom. The number of hydrogen-bond donors (Lipinski definition) is 1. The van der Waals surface area contributed by atoms with Crippen LogP contribution in [-0.2, 0) is 6.42 Å². The average molecular weight is 211 g/mol. The van der Waals surface area contributed by atoms with Crippen molar-refractivity contribution >= 4 is 11.8 Å². The van der Waals surface area contributed by atoms with Gasteiger partial charge >= 0.3 is 0 Å². The van der Waals surface area contributed by atoms with Crippen molar-refractivity contribution in [2.45, 2.75) is 17.7 Å². The summed E-state index contributed by atoms with van der Waals surface area (Å²) in [6, 6.07) is 5.35. The Morgan fingerprint density at radius 3 is 3.14 bits per heavy atom. The Labute approximate surface area is 87.9 Å². The van der Waals surface area contributed by atoms with Crippen molar-refractivity contribution < 1.29 is 4.39 Å². The third-order valence-electron chi connectivity index (χ3n) is 2.60. The highest BCUT2D eigenvalue weighted by atomic mass is 32.2. The van der Waals surface area contributed by atoms with E-state index in [-0.39, 0.29) is 5.82 Å². The molecule has 0 saturated heterocycles. The van der Waals surface area contributed by atoms with Gasteiger partial charge in [-0.05, 0) is 36.9 Å². The second kappa shape index (κ2) is 4.32. The molecule has 1 heterocycles. The quantitative estimate of drug-likeness (QED) is 0.813. The summed E-state index contributed by atoms with van der Waals surface area (Å²) >= 11 is 1.63. The Bertz CT molecular complexity index is 327. The molecule has 0 radical (unpaired) electrons. The maximum absolute atomic E-state index is 13.3. The minimum atomic E-state index is -0.0706. The standard InChI is InChI=1S/C11H14FNS/c12-10-3-1-2-9-6-8(4-5-13)7-14-11(9)10/h1-3,8H,4-7,13H2. The largest absolute Gasteiger partial charge is 0.330 e. The van der Waals surface area contributed by atoms with E-state index in [0.717, 1.165) is 35.6 Å². The number of halogens is 1. The number of rotatable bonds is 2. The number of benzene rings is 1. The molecule has 1 unspecified atom stereocenters. The number of thioether (sulfide) groups is 1. The highest BCUT2D eigenvalue weighted by molar-refractivity contribution is 7.99. The van der Waals surface area contributed by atoms with Crippen LogP contribution in [0.25, 0.3) is 0 Å². The first-order valence-corrected chi connectivity index (χ1v) is 5.90. The summed E-state index contributed by atoms with van der Waals surface area (Å²) in [4.78, 5) is 0.848. The summed E-state index contributed by atoms with van der Waals surface area (Å²) in [5, 5.41) is 0. The highest BCUT2D eigenvalue weighted by Crippen LogP contribution is 2.35. The zero-order chi connectivity index (χ0) is 9.97. The smallest absolute Gasteiger partial charge is 0.137 e. The third kappa shape index (κ3) is 1.93. The van der Waals surface area contributed by atoms with Crippen LogP contribution in [0.2, 0.25) is 0 Å². The van der Waals surface area contributed by atoms with Gasteiger partial charge in [-0.15, -0.1) is 11.8 Å². The zero-order valence-electron chi connectivity index (χ0n) is 8.00. The highest BCUT2D eigenvalue weighted by Gasteiger charge is 2.20. The van der Waals surface area contributed by atoms with Gasteiger partial charge in [-0.25, -0.2) is 4.39 Å². The molecule has 1 aliphatic heterocycles. The van der Waals surface area contributed by atoms with Crippen molar-refractivity contribution in [3.8, 4) is 0 Å². The minimum absolute atomic E-state index is 0.0706. The van der Waals surface area contributed by atoms with Gasteiger partial charge in [-0.3, -0.25) is 0 Å². The van der Waals surface area contributed by atoms with E-state index in [1.54, 1.807) is 17.8 Å². The fraction of sp³-hybridized carbons (Fsp3) is 0.455. The number of hydrogen-bond acceptors (Lipinski definition) is 2. The summed E-state index contributed by atoms with van der Waals surface area (Å²) in [6.07, 6.45) is 2.03. The molecule has 1 aromatic rings. The van der Waals surface area contributed by atoms with Gasteiger partial charge in [-0.1, -0.05) is 12.1 Å². The Hall–Kier alpha value is -0.540. The summed E-state index contributed by atoms with van der Waals surface area (Å²) in [6.45, 7) is 0.732. The van der Waals surface area contributed by atoms with Crippen molar-refractivity contribution in [1.82, 2.24) is 0 Å². The first kappa shape index (κ1) is 9.99. The van der Waals surface area contributed by atoms with E-state index in [9.17, 15) is 4.39 Å². The molecule has 0 amide bonds. The van der Waals surface area contributed by atoms with E-state index in [2.05, 4.69) is 0 Å². The number of fused-ring (bicyclic) bond motifs is 1. The summed E-state index contributed by atoms with van der Waals surface area (Å²) < 4.78 is 13.3. The monoisotopic (exact) mass is 211 g/mol. The van der Waals surface area contributed by atoms with Crippen LogP contribution in [0.15, 0.2) is 23.1 Å². The van der Waals surface area contributed by atoms with Crippen LogP contribution < -0.4 is 5.73 Å². The lowest BCUT2D eigenvalue weighted by atomic mass is 9.97. The van der Waals surface area contributed by atoms with Gasteiger partial charge in [-0.2, -0.15) is 0 Å². The topological polar surface area (TPSA) is 26.0 Å². The molecule has 76 valence electrons. The fourth-order valence-corrected chi connectivity index (χ4v) is 3.10. The van der Waals surface area contributed by atoms with Crippen molar-refractivity contribution in [3.05, 3.63) is 29.6 Å². The third-order valence-corrected chi connectivity index (χ3v) is 3.98. The molecule has 1 nitrogen and oxygen atoms in total. The predicted octanol–water partition coefficient (Wildman–Crippen LogP) is 2.44. The second-order valence-corrected chi connectivity index (χ2v) is 4.72. The zero-order valence-corrected chi connectivity index (χ0v) is 8.82.